The van der Waals surface area contributed by atoms with Crippen molar-refractivity contribution in [3.63, 3.8) is 0 Å². The van der Waals surface area contributed by atoms with Crippen molar-refractivity contribution in [2.75, 3.05) is 30.4 Å². The van der Waals surface area contributed by atoms with Gasteiger partial charge in [-0.15, -0.1) is 0 Å². The molecule has 0 amide bonds. The molecule has 1 unspecified atom stereocenters. The number of nitrogens with zero attached hydrogens (tertiary/aromatic N) is 5. The van der Waals surface area contributed by atoms with Gasteiger partial charge in [-0.3, -0.25) is 4.68 Å². The van der Waals surface area contributed by atoms with Crippen molar-refractivity contribution >= 4 is 11.6 Å². The molecule has 2 aromatic rings. The first-order valence-electron chi connectivity index (χ1n) is 9.14. The van der Waals surface area contributed by atoms with E-state index in [1.807, 2.05) is 13.1 Å². The molecule has 1 aliphatic rings. The SMILES string of the molecule is CCn1nc(C)c(CNCC2CCCN2c2cc(NC)ncn2)c1C. The Balaban J connectivity index is 1.62. The molecule has 1 saturated heterocycles. The van der Waals surface area contributed by atoms with Gasteiger partial charge in [0.15, 0.2) is 0 Å². The molecule has 3 rings (SSSR count). The monoisotopic (exact) mass is 343 g/mol. The van der Waals surface area contributed by atoms with Crippen LogP contribution in [0.1, 0.15) is 36.7 Å². The molecule has 0 aromatic carbocycles. The van der Waals surface area contributed by atoms with Crippen LogP contribution < -0.4 is 15.5 Å². The van der Waals surface area contributed by atoms with Crippen molar-refractivity contribution in [3.8, 4) is 0 Å². The zero-order valence-electron chi connectivity index (χ0n) is 15.7. The first kappa shape index (κ1) is 17.7. The van der Waals surface area contributed by atoms with E-state index in [4.69, 9.17) is 0 Å². The lowest BCUT2D eigenvalue weighted by Gasteiger charge is -2.26. The van der Waals surface area contributed by atoms with Crippen LogP contribution in [-0.2, 0) is 13.1 Å². The minimum absolute atomic E-state index is 0.474. The Morgan fingerprint density at radius 1 is 1.28 bits per heavy atom. The number of nitrogens with one attached hydrogen (secondary N) is 2. The number of aryl methyl sites for hydroxylation is 2. The minimum Gasteiger partial charge on any atom is -0.373 e. The fourth-order valence-electron chi connectivity index (χ4n) is 3.65. The quantitative estimate of drug-likeness (QED) is 0.802. The Hall–Kier alpha value is -2.15. The zero-order valence-corrected chi connectivity index (χ0v) is 15.7. The molecule has 136 valence electrons. The van der Waals surface area contributed by atoms with Crippen LogP contribution in [0.2, 0.25) is 0 Å². The van der Waals surface area contributed by atoms with Gasteiger partial charge >= 0.3 is 0 Å². The third kappa shape index (κ3) is 3.76. The second kappa shape index (κ2) is 7.82. The largest absolute Gasteiger partial charge is 0.373 e. The fraction of sp³-hybridized carbons (Fsp3) is 0.611. The van der Waals surface area contributed by atoms with Gasteiger partial charge in [-0.1, -0.05) is 0 Å². The third-order valence-corrected chi connectivity index (χ3v) is 5.09. The van der Waals surface area contributed by atoms with E-state index < -0.39 is 0 Å². The molecule has 7 heteroatoms. The summed E-state index contributed by atoms with van der Waals surface area (Å²) >= 11 is 0. The maximum absolute atomic E-state index is 4.60. The Morgan fingerprint density at radius 2 is 2.12 bits per heavy atom. The first-order chi connectivity index (χ1) is 12.1. The Bertz CT molecular complexity index is 709. The van der Waals surface area contributed by atoms with Crippen molar-refractivity contribution in [1.29, 1.82) is 0 Å². The highest BCUT2D eigenvalue weighted by Crippen LogP contribution is 2.24. The van der Waals surface area contributed by atoms with Crippen molar-refractivity contribution < 1.29 is 0 Å². The summed E-state index contributed by atoms with van der Waals surface area (Å²) in [4.78, 5) is 11.1. The predicted molar refractivity (Wildman–Crippen MR) is 101 cm³/mol. The standard InChI is InChI=1S/C18H29N7/c1-5-25-14(3)16(13(2)23-25)11-20-10-15-7-6-8-24(15)18-9-17(19-4)21-12-22-18/h9,12,15,20H,5-8,10-11H2,1-4H3,(H,19,21,22). The second-order valence-electron chi connectivity index (χ2n) is 6.60. The molecule has 25 heavy (non-hydrogen) atoms. The summed E-state index contributed by atoms with van der Waals surface area (Å²) in [6.45, 7) is 10.2. The van der Waals surface area contributed by atoms with Crippen LogP contribution in [0.3, 0.4) is 0 Å². The van der Waals surface area contributed by atoms with Gasteiger partial charge in [0.1, 0.15) is 18.0 Å². The first-order valence-corrected chi connectivity index (χ1v) is 9.14. The van der Waals surface area contributed by atoms with Crippen molar-refractivity contribution in [3.05, 3.63) is 29.3 Å². The lowest BCUT2D eigenvalue weighted by atomic mass is 10.1. The lowest BCUT2D eigenvalue weighted by molar-refractivity contribution is 0.568. The summed E-state index contributed by atoms with van der Waals surface area (Å²) in [6.07, 6.45) is 4.03. The van der Waals surface area contributed by atoms with Crippen molar-refractivity contribution in [2.45, 2.75) is 52.7 Å². The summed E-state index contributed by atoms with van der Waals surface area (Å²) < 4.78 is 2.08. The van der Waals surface area contributed by atoms with Crippen LogP contribution in [0.5, 0.6) is 0 Å². The van der Waals surface area contributed by atoms with E-state index in [0.717, 1.165) is 43.5 Å². The van der Waals surface area contributed by atoms with Crippen LogP contribution in [0, 0.1) is 13.8 Å². The third-order valence-electron chi connectivity index (χ3n) is 5.09. The summed E-state index contributed by atoms with van der Waals surface area (Å²) in [5.74, 6) is 1.87. The van der Waals surface area contributed by atoms with E-state index in [-0.39, 0.29) is 0 Å². The van der Waals surface area contributed by atoms with Gasteiger partial charge in [-0.05, 0) is 33.6 Å². The number of anilines is 2. The van der Waals surface area contributed by atoms with Crippen molar-refractivity contribution in [2.24, 2.45) is 0 Å². The van der Waals surface area contributed by atoms with Gasteiger partial charge in [0.05, 0.1) is 5.69 Å². The maximum Gasteiger partial charge on any atom is 0.134 e. The topological polar surface area (TPSA) is 70.9 Å². The Morgan fingerprint density at radius 3 is 2.84 bits per heavy atom. The number of hydrogen-bond acceptors (Lipinski definition) is 6. The van der Waals surface area contributed by atoms with Gasteiger partial charge in [0.2, 0.25) is 0 Å². The lowest BCUT2D eigenvalue weighted by Crippen LogP contribution is -2.38. The maximum atomic E-state index is 4.60. The molecule has 3 heterocycles. The highest BCUT2D eigenvalue weighted by Gasteiger charge is 2.25. The van der Waals surface area contributed by atoms with Crippen molar-refractivity contribution in [1.82, 2.24) is 25.1 Å². The molecule has 2 aromatic heterocycles. The molecule has 7 nitrogen and oxygen atoms in total. The molecular formula is C18H29N7. The number of aromatic nitrogens is 4. The van der Waals surface area contributed by atoms with Gasteiger partial charge < -0.3 is 15.5 Å². The molecule has 0 radical (unpaired) electrons. The Kier molecular flexibility index (Phi) is 5.53. The Labute approximate surface area is 149 Å². The molecule has 1 fully saturated rings. The van der Waals surface area contributed by atoms with Crippen LogP contribution in [0.15, 0.2) is 12.4 Å². The zero-order chi connectivity index (χ0) is 17.8. The minimum atomic E-state index is 0.474. The van der Waals surface area contributed by atoms with Gasteiger partial charge in [-0.2, -0.15) is 5.10 Å². The molecule has 0 saturated carbocycles. The van der Waals surface area contributed by atoms with E-state index in [2.05, 4.69) is 56.1 Å². The normalized spacial score (nSPS) is 17.3. The molecule has 1 atom stereocenters. The highest BCUT2D eigenvalue weighted by atomic mass is 15.3. The van der Waals surface area contributed by atoms with E-state index >= 15 is 0 Å². The van der Waals surface area contributed by atoms with Crippen LogP contribution in [0.4, 0.5) is 11.6 Å². The summed E-state index contributed by atoms with van der Waals surface area (Å²) in [7, 11) is 1.89. The fourth-order valence-corrected chi connectivity index (χ4v) is 3.65. The predicted octanol–water partition coefficient (Wildman–Crippen LogP) is 2.11. The average Bonchev–Trinajstić information content (AvgIpc) is 3.21. The number of rotatable bonds is 7. The van der Waals surface area contributed by atoms with E-state index in [1.165, 1.54) is 24.1 Å². The van der Waals surface area contributed by atoms with Crippen LogP contribution in [-0.4, -0.2) is 45.9 Å². The van der Waals surface area contributed by atoms with E-state index in [9.17, 15) is 0 Å². The molecule has 1 aliphatic heterocycles. The second-order valence-corrected chi connectivity index (χ2v) is 6.60. The van der Waals surface area contributed by atoms with E-state index in [0.29, 0.717) is 6.04 Å². The summed E-state index contributed by atoms with van der Waals surface area (Å²) in [6, 6.07) is 2.50. The highest BCUT2D eigenvalue weighted by molar-refractivity contribution is 5.49. The molecular weight excluding hydrogens is 314 g/mol. The van der Waals surface area contributed by atoms with Gasteiger partial charge in [0, 0.05) is 56.6 Å². The average molecular weight is 343 g/mol. The summed E-state index contributed by atoms with van der Waals surface area (Å²) in [5, 5.41) is 11.3. The van der Waals surface area contributed by atoms with Gasteiger partial charge in [-0.25, -0.2) is 9.97 Å². The molecule has 2 N–H and O–H groups in total. The summed E-state index contributed by atoms with van der Waals surface area (Å²) in [5.41, 5.74) is 3.72. The van der Waals surface area contributed by atoms with Crippen LogP contribution in [0.25, 0.3) is 0 Å². The molecule has 0 spiro atoms. The molecule has 0 bridgehead atoms. The van der Waals surface area contributed by atoms with E-state index in [1.54, 1.807) is 6.33 Å². The molecule has 0 aliphatic carbocycles. The number of hydrogen-bond donors (Lipinski definition) is 2. The van der Waals surface area contributed by atoms with Crippen LogP contribution >= 0.6 is 0 Å². The van der Waals surface area contributed by atoms with Gasteiger partial charge in [0.25, 0.3) is 0 Å². The smallest absolute Gasteiger partial charge is 0.134 e.